The number of halogens is 2. The number of amides is 1. The molecule has 0 spiro atoms. The highest BCUT2D eigenvalue weighted by Gasteiger charge is 2.23. The number of hydrogen-bond acceptors (Lipinski definition) is 4. The first kappa shape index (κ1) is 21.8. The van der Waals surface area contributed by atoms with Crippen LogP contribution in [-0.4, -0.2) is 51.5 Å². The second-order valence-electron chi connectivity index (χ2n) is 8.33. The predicted molar refractivity (Wildman–Crippen MR) is 132 cm³/mol. The van der Waals surface area contributed by atoms with Crippen LogP contribution in [0, 0.1) is 6.92 Å². The van der Waals surface area contributed by atoms with E-state index < -0.39 is 0 Å². The van der Waals surface area contributed by atoms with Gasteiger partial charge >= 0.3 is 0 Å². The lowest BCUT2D eigenvalue weighted by Crippen LogP contribution is -2.49. The molecule has 4 aromatic rings. The van der Waals surface area contributed by atoms with Gasteiger partial charge in [-0.05, 0) is 31.2 Å². The summed E-state index contributed by atoms with van der Waals surface area (Å²) in [5, 5.41) is 1.99. The van der Waals surface area contributed by atoms with Gasteiger partial charge in [0.1, 0.15) is 11.0 Å². The Morgan fingerprint density at radius 1 is 1.12 bits per heavy atom. The Morgan fingerprint density at radius 2 is 1.91 bits per heavy atom. The van der Waals surface area contributed by atoms with Gasteiger partial charge < -0.3 is 14.8 Å². The molecule has 7 nitrogen and oxygen atoms in total. The van der Waals surface area contributed by atoms with Crippen LogP contribution >= 0.6 is 23.2 Å². The van der Waals surface area contributed by atoms with Gasteiger partial charge in [0, 0.05) is 50.0 Å². The molecule has 0 bridgehead atoms. The van der Waals surface area contributed by atoms with Gasteiger partial charge in [-0.15, -0.1) is 0 Å². The Morgan fingerprint density at radius 3 is 2.70 bits per heavy atom. The lowest BCUT2D eigenvalue weighted by Gasteiger charge is -2.36. The van der Waals surface area contributed by atoms with Gasteiger partial charge in [0.25, 0.3) is 5.56 Å². The van der Waals surface area contributed by atoms with E-state index in [0.29, 0.717) is 47.3 Å². The highest BCUT2D eigenvalue weighted by molar-refractivity contribution is 6.43. The second-order valence-corrected chi connectivity index (χ2v) is 9.12. The monoisotopic (exact) mass is 483 g/mol. The van der Waals surface area contributed by atoms with Crippen LogP contribution in [0.4, 0.5) is 5.69 Å². The molecule has 0 atom stereocenters. The molecule has 1 N–H and O–H groups in total. The Hall–Kier alpha value is -3.03. The molecule has 2 aromatic heterocycles. The summed E-state index contributed by atoms with van der Waals surface area (Å²) < 4.78 is 1.50. The molecular formula is C24H23Cl2N5O2. The first-order valence-electron chi connectivity index (χ1n) is 10.9. The number of aryl methyl sites for hydroxylation is 2. The highest BCUT2D eigenvalue weighted by atomic mass is 35.5. The van der Waals surface area contributed by atoms with Gasteiger partial charge in [0.2, 0.25) is 5.91 Å². The molecule has 1 amide bonds. The fraction of sp³-hybridized carbons (Fsp3) is 0.292. The normalized spacial score (nSPS) is 14.4. The van der Waals surface area contributed by atoms with E-state index >= 15 is 0 Å². The number of anilines is 1. The quantitative estimate of drug-likeness (QED) is 0.471. The Balaban J connectivity index is 1.25. The number of carbonyl (C=O) groups is 1. The number of nitrogens with zero attached hydrogens (tertiary/aromatic N) is 4. The van der Waals surface area contributed by atoms with Crippen LogP contribution in [0.2, 0.25) is 10.0 Å². The standard InChI is InChI=1S/C24H23Cl2N5O2/c1-15-5-6-18-16(13-15)22-23(28-18)24(33)31(14-27-22)8-7-20(32)30-11-9-29(10-12-30)19-4-2-3-17(25)21(19)26/h2-6,13-14,28H,7-12H2,1H3. The van der Waals surface area contributed by atoms with Crippen LogP contribution < -0.4 is 10.5 Å². The number of hydrogen-bond donors (Lipinski definition) is 1. The van der Waals surface area contributed by atoms with Crippen LogP contribution in [0.3, 0.4) is 0 Å². The van der Waals surface area contributed by atoms with E-state index in [0.717, 1.165) is 22.2 Å². The number of aromatic amines is 1. The van der Waals surface area contributed by atoms with E-state index in [-0.39, 0.29) is 24.4 Å². The summed E-state index contributed by atoms with van der Waals surface area (Å²) in [6.45, 7) is 4.83. The smallest absolute Gasteiger partial charge is 0.277 e. The molecule has 33 heavy (non-hydrogen) atoms. The van der Waals surface area contributed by atoms with Gasteiger partial charge in [0.15, 0.2) is 0 Å². The summed E-state index contributed by atoms with van der Waals surface area (Å²) in [5.41, 5.74) is 3.84. The SMILES string of the molecule is Cc1ccc2[nH]c3c(=O)n(CCC(=O)N4CCN(c5cccc(Cl)c5Cl)CC4)cnc3c2c1. The van der Waals surface area contributed by atoms with Crippen LogP contribution in [0.25, 0.3) is 21.9 Å². The summed E-state index contributed by atoms with van der Waals surface area (Å²) in [6.07, 6.45) is 1.77. The molecule has 1 fully saturated rings. The molecule has 1 aliphatic rings. The maximum atomic E-state index is 13.0. The summed E-state index contributed by atoms with van der Waals surface area (Å²) in [7, 11) is 0. The molecule has 1 aliphatic heterocycles. The maximum absolute atomic E-state index is 13.0. The zero-order chi connectivity index (χ0) is 23.1. The molecular weight excluding hydrogens is 461 g/mol. The fourth-order valence-electron chi connectivity index (χ4n) is 4.37. The van der Waals surface area contributed by atoms with E-state index in [2.05, 4.69) is 14.9 Å². The van der Waals surface area contributed by atoms with Crippen molar-refractivity contribution >= 4 is 56.7 Å². The number of fused-ring (bicyclic) bond motifs is 3. The van der Waals surface area contributed by atoms with Crippen LogP contribution in [0.5, 0.6) is 0 Å². The topological polar surface area (TPSA) is 74.2 Å². The van der Waals surface area contributed by atoms with Crippen molar-refractivity contribution in [2.45, 2.75) is 19.9 Å². The lowest BCUT2D eigenvalue weighted by molar-refractivity contribution is -0.131. The third-order valence-corrected chi connectivity index (χ3v) is 7.01. The van der Waals surface area contributed by atoms with E-state index in [9.17, 15) is 9.59 Å². The predicted octanol–water partition coefficient (Wildman–Crippen LogP) is 4.23. The summed E-state index contributed by atoms with van der Waals surface area (Å²) >= 11 is 12.5. The average Bonchev–Trinajstić information content (AvgIpc) is 3.19. The minimum absolute atomic E-state index is 0.0195. The van der Waals surface area contributed by atoms with Crippen LogP contribution in [0.1, 0.15) is 12.0 Å². The number of nitrogens with one attached hydrogen (secondary N) is 1. The minimum Gasteiger partial charge on any atom is -0.367 e. The largest absolute Gasteiger partial charge is 0.367 e. The first-order chi connectivity index (χ1) is 15.9. The third kappa shape index (κ3) is 4.07. The van der Waals surface area contributed by atoms with Gasteiger partial charge in [-0.25, -0.2) is 4.98 Å². The van der Waals surface area contributed by atoms with E-state index in [1.165, 1.54) is 10.9 Å². The minimum atomic E-state index is -0.165. The number of aromatic nitrogens is 3. The molecule has 2 aromatic carbocycles. The summed E-state index contributed by atoms with van der Waals surface area (Å²) in [6, 6.07) is 11.5. The lowest BCUT2D eigenvalue weighted by atomic mass is 10.2. The molecule has 0 radical (unpaired) electrons. The maximum Gasteiger partial charge on any atom is 0.277 e. The van der Waals surface area contributed by atoms with Crippen molar-refractivity contribution < 1.29 is 4.79 Å². The molecule has 3 heterocycles. The van der Waals surface area contributed by atoms with Crippen molar-refractivity contribution in [1.29, 1.82) is 0 Å². The van der Waals surface area contributed by atoms with E-state index in [1.807, 2.05) is 42.2 Å². The Labute approximate surface area is 200 Å². The van der Waals surface area contributed by atoms with E-state index in [4.69, 9.17) is 23.2 Å². The van der Waals surface area contributed by atoms with Gasteiger partial charge in [-0.3, -0.25) is 14.2 Å². The van der Waals surface area contributed by atoms with Crippen molar-refractivity contribution in [1.82, 2.24) is 19.4 Å². The van der Waals surface area contributed by atoms with Crippen molar-refractivity contribution in [3.8, 4) is 0 Å². The first-order valence-corrected chi connectivity index (χ1v) is 11.6. The molecule has 9 heteroatoms. The fourth-order valence-corrected chi connectivity index (χ4v) is 4.79. The summed E-state index contributed by atoms with van der Waals surface area (Å²) in [5.74, 6) is 0.0195. The van der Waals surface area contributed by atoms with Crippen molar-refractivity contribution in [3.05, 3.63) is 68.7 Å². The number of H-pyrrole nitrogens is 1. The zero-order valence-corrected chi connectivity index (χ0v) is 19.7. The summed E-state index contributed by atoms with van der Waals surface area (Å²) in [4.78, 5) is 37.4. The third-order valence-electron chi connectivity index (χ3n) is 6.20. The number of benzene rings is 2. The second kappa shape index (κ2) is 8.72. The average molecular weight is 484 g/mol. The zero-order valence-electron chi connectivity index (χ0n) is 18.1. The molecule has 0 unspecified atom stereocenters. The highest BCUT2D eigenvalue weighted by Crippen LogP contribution is 2.33. The van der Waals surface area contributed by atoms with Crippen LogP contribution in [0.15, 0.2) is 47.5 Å². The van der Waals surface area contributed by atoms with E-state index in [1.54, 1.807) is 6.07 Å². The van der Waals surface area contributed by atoms with Crippen molar-refractivity contribution in [2.75, 3.05) is 31.1 Å². The van der Waals surface area contributed by atoms with Gasteiger partial charge in [-0.1, -0.05) is 40.9 Å². The molecule has 0 saturated carbocycles. The van der Waals surface area contributed by atoms with Gasteiger partial charge in [0.05, 0.1) is 22.1 Å². The van der Waals surface area contributed by atoms with Gasteiger partial charge in [-0.2, -0.15) is 0 Å². The van der Waals surface area contributed by atoms with Crippen molar-refractivity contribution in [3.63, 3.8) is 0 Å². The number of carbonyl (C=O) groups excluding carboxylic acids is 1. The molecule has 0 aliphatic carbocycles. The molecule has 5 rings (SSSR count). The molecule has 170 valence electrons. The molecule has 1 saturated heterocycles. The Kier molecular flexibility index (Phi) is 5.76. The van der Waals surface area contributed by atoms with Crippen LogP contribution in [-0.2, 0) is 11.3 Å². The number of piperazine rings is 1. The van der Waals surface area contributed by atoms with Crippen molar-refractivity contribution in [2.24, 2.45) is 0 Å². The number of rotatable bonds is 4. The Bertz CT molecular complexity index is 1420.